The van der Waals surface area contributed by atoms with Gasteiger partial charge in [-0.05, 0) is 0 Å². The lowest BCUT2D eigenvalue weighted by atomic mass is 10.2. The van der Waals surface area contributed by atoms with Gasteiger partial charge in [0.15, 0.2) is 9.84 Å². The van der Waals surface area contributed by atoms with Crippen molar-refractivity contribution in [2.24, 2.45) is 0 Å². The molecule has 0 aliphatic carbocycles. The Morgan fingerprint density at radius 3 is 2.31 bits per heavy atom. The van der Waals surface area contributed by atoms with E-state index in [9.17, 15) is 18.3 Å². The summed E-state index contributed by atoms with van der Waals surface area (Å²) >= 11 is 5.44. The van der Waals surface area contributed by atoms with Gasteiger partial charge in [0.1, 0.15) is 5.88 Å². The van der Waals surface area contributed by atoms with E-state index in [-0.39, 0.29) is 17.4 Å². The number of rotatable bonds is 3. The normalized spacial score (nSPS) is 28.3. The Morgan fingerprint density at radius 2 is 2.00 bits per heavy atom. The van der Waals surface area contributed by atoms with Crippen LogP contribution in [0.1, 0.15) is 0 Å². The molecule has 1 N–H and O–H groups in total. The van der Waals surface area contributed by atoms with Crippen LogP contribution < -0.4 is 0 Å². The Bertz CT molecular complexity index is 370. The highest BCUT2D eigenvalue weighted by Gasteiger charge is 2.42. The Hall–Kier alpha value is -0.370. The lowest BCUT2D eigenvalue weighted by Gasteiger charge is -2.34. The van der Waals surface area contributed by atoms with Gasteiger partial charge in [-0.1, -0.05) is 0 Å². The molecule has 0 spiro atoms. The van der Waals surface area contributed by atoms with Crippen LogP contribution in [0.4, 0.5) is 0 Å². The average molecular weight is 271 g/mol. The lowest BCUT2D eigenvalue weighted by Crippen LogP contribution is -2.53. The maximum absolute atomic E-state index is 11.5. The monoisotopic (exact) mass is 270 g/mol. The number of nitrogens with zero attached hydrogens (tertiary/aromatic N) is 2. The Morgan fingerprint density at radius 1 is 1.44 bits per heavy atom. The topological polar surface area (TPSA) is 77.9 Å². The summed E-state index contributed by atoms with van der Waals surface area (Å²) in [7, 11) is -0.0799. The molecule has 1 aliphatic heterocycles. The van der Waals surface area contributed by atoms with Crippen molar-refractivity contribution in [2.75, 3.05) is 31.5 Å². The number of aliphatic hydroxyl groups excluding tert-OH is 1. The molecule has 2 atom stereocenters. The Labute approximate surface area is 99.7 Å². The third-order valence-electron chi connectivity index (χ3n) is 2.41. The number of sulfone groups is 1. The molecule has 16 heavy (non-hydrogen) atoms. The van der Waals surface area contributed by atoms with Crippen LogP contribution >= 0.6 is 11.6 Å². The number of halogens is 1. The molecule has 0 radical (unpaired) electrons. The Kier molecular flexibility index (Phi) is 4.17. The summed E-state index contributed by atoms with van der Waals surface area (Å²) in [5.41, 5.74) is 0. The summed E-state index contributed by atoms with van der Waals surface area (Å²) < 4.78 is 22.7. The van der Waals surface area contributed by atoms with Crippen LogP contribution in [0.15, 0.2) is 0 Å². The number of hydrazine groups is 1. The largest absolute Gasteiger partial charge is 0.390 e. The predicted molar refractivity (Wildman–Crippen MR) is 59.7 cm³/mol. The van der Waals surface area contributed by atoms with Crippen LogP contribution in [0.2, 0.25) is 0 Å². The van der Waals surface area contributed by atoms with E-state index in [4.69, 9.17) is 11.6 Å². The van der Waals surface area contributed by atoms with Gasteiger partial charge in [0.25, 0.3) is 5.91 Å². The summed E-state index contributed by atoms with van der Waals surface area (Å²) in [5.74, 6) is -1.21. The molecule has 1 saturated heterocycles. The van der Waals surface area contributed by atoms with Gasteiger partial charge in [0, 0.05) is 14.1 Å². The van der Waals surface area contributed by atoms with Gasteiger partial charge in [0.2, 0.25) is 0 Å². The van der Waals surface area contributed by atoms with Crippen molar-refractivity contribution in [1.29, 1.82) is 0 Å². The maximum Gasteiger partial charge on any atom is 0.252 e. The lowest BCUT2D eigenvalue weighted by molar-refractivity contribution is -0.150. The third-order valence-corrected chi connectivity index (χ3v) is 4.34. The summed E-state index contributed by atoms with van der Waals surface area (Å²) in [6.45, 7) is 0. The fourth-order valence-corrected chi connectivity index (χ4v) is 3.69. The van der Waals surface area contributed by atoms with Crippen molar-refractivity contribution < 1.29 is 18.3 Å². The number of amides is 1. The van der Waals surface area contributed by atoms with E-state index in [1.807, 2.05) is 0 Å². The molecule has 1 aliphatic rings. The summed E-state index contributed by atoms with van der Waals surface area (Å²) in [6.07, 6.45) is -1.06. The molecule has 0 saturated carbocycles. The van der Waals surface area contributed by atoms with Gasteiger partial charge in [-0.2, -0.15) is 0 Å². The highest BCUT2D eigenvalue weighted by molar-refractivity contribution is 7.91. The van der Waals surface area contributed by atoms with Crippen LogP contribution in [-0.4, -0.2) is 73.1 Å². The van der Waals surface area contributed by atoms with E-state index in [1.165, 1.54) is 10.0 Å². The highest BCUT2D eigenvalue weighted by atomic mass is 35.5. The second kappa shape index (κ2) is 4.87. The third kappa shape index (κ3) is 2.85. The average Bonchev–Trinajstić information content (AvgIpc) is 2.39. The molecule has 1 heterocycles. The van der Waals surface area contributed by atoms with E-state index in [0.717, 1.165) is 0 Å². The quantitative estimate of drug-likeness (QED) is 0.509. The van der Waals surface area contributed by atoms with Gasteiger partial charge < -0.3 is 5.11 Å². The van der Waals surface area contributed by atoms with Crippen LogP contribution in [0, 0.1) is 0 Å². The van der Waals surface area contributed by atoms with E-state index < -0.39 is 27.9 Å². The van der Waals surface area contributed by atoms with Crippen molar-refractivity contribution in [3.63, 3.8) is 0 Å². The van der Waals surface area contributed by atoms with Crippen molar-refractivity contribution in [3.8, 4) is 0 Å². The number of hydrogen-bond acceptors (Lipinski definition) is 5. The molecule has 0 bridgehead atoms. The number of alkyl halides is 1. The molecule has 0 aromatic heterocycles. The zero-order valence-electron chi connectivity index (χ0n) is 9.13. The van der Waals surface area contributed by atoms with Crippen molar-refractivity contribution >= 4 is 27.3 Å². The summed E-state index contributed by atoms with van der Waals surface area (Å²) in [4.78, 5) is 11.5. The zero-order chi connectivity index (χ0) is 12.5. The summed E-state index contributed by atoms with van der Waals surface area (Å²) in [5, 5.41) is 12.3. The predicted octanol–water partition coefficient (Wildman–Crippen LogP) is -1.31. The van der Waals surface area contributed by atoms with Crippen LogP contribution in [-0.2, 0) is 14.6 Å². The highest BCUT2D eigenvalue weighted by Crippen LogP contribution is 2.19. The first kappa shape index (κ1) is 13.7. The minimum atomic E-state index is -3.28. The molecule has 0 unspecified atom stereocenters. The summed E-state index contributed by atoms with van der Waals surface area (Å²) in [6, 6.07) is -0.744. The fraction of sp³-hybridized carbons (Fsp3) is 0.875. The van der Waals surface area contributed by atoms with E-state index >= 15 is 0 Å². The smallest absolute Gasteiger partial charge is 0.252 e. The van der Waals surface area contributed by atoms with E-state index in [2.05, 4.69) is 0 Å². The first-order chi connectivity index (χ1) is 7.28. The van der Waals surface area contributed by atoms with Crippen molar-refractivity contribution in [1.82, 2.24) is 10.0 Å². The molecular weight excluding hydrogens is 256 g/mol. The van der Waals surface area contributed by atoms with E-state index in [1.54, 1.807) is 14.1 Å². The standard InChI is InChI=1S/C8H15ClN2O4S/c1-10(2)11(8(13)3-9)6-4-16(14,15)5-7(6)12/h6-7,12H,3-5H2,1-2H3/t6-,7-/m0/s1. The van der Waals surface area contributed by atoms with Gasteiger partial charge in [-0.15, -0.1) is 11.6 Å². The SMILES string of the molecule is CN(C)N(C(=O)CCl)[C@H]1CS(=O)(=O)C[C@@H]1O. The van der Waals surface area contributed by atoms with Crippen molar-refractivity contribution in [3.05, 3.63) is 0 Å². The van der Waals surface area contributed by atoms with Crippen LogP contribution in [0.5, 0.6) is 0 Å². The Balaban J connectivity index is 2.93. The number of hydrogen-bond donors (Lipinski definition) is 1. The fourth-order valence-electron chi connectivity index (χ4n) is 1.81. The second-order valence-electron chi connectivity index (χ2n) is 3.93. The molecule has 1 amide bonds. The number of aliphatic hydroxyl groups is 1. The molecule has 1 fully saturated rings. The van der Waals surface area contributed by atoms with Gasteiger partial charge >= 0.3 is 0 Å². The maximum atomic E-state index is 11.5. The van der Waals surface area contributed by atoms with Gasteiger partial charge in [0.05, 0.1) is 23.7 Å². The first-order valence-electron chi connectivity index (χ1n) is 4.72. The minimum Gasteiger partial charge on any atom is -0.390 e. The van der Waals surface area contributed by atoms with Crippen LogP contribution in [0.25, 0.3) is 0 Å². The van der Waals surface area contributed by atoms with Crippen LogP contribution in [0.3, 0.4) is 0 Å². The molecule has 94 valence electrons. The first-order valence-corrected chi connectivity index (χ1v) is 7.08. The minimum absolute atomic E-state index is 0.227. The van der Waals surface area contributed by atoms with Crippen molar-refractivity contribution in [2.45, 2.75) is 12.1 Å². The molecule has 8 heteroatoms. The van der Waals surface area contributed by atoms with Gasteiger partial charge in [-0.3, -0.25) is 9.80 Å². The zero-order valence-corrected chi connectivity index (χ0v) is 10.7. The van der Waals surface area contributed by atoms with E-state index in [0.29, 0.717) is 0 Å². The molecular formula is C8H15ClN2O4S. The second-order valence-corrected chi connectivity index (χ2v) is 6.35. The number of carbonyl (C=O) groups excluding carboxylic acids is 1. The molecule has 0 aromatic rings. The number of carbonyl (C=O) groups is 1. The molecule has 0 aromatic carbocycles. The molecule has 1 rings (SSSR count). The molecule has 6 nitrogen and oxygen atoms in total. The van der Waals surface area contributed by atoms with Gasteiger partial charge in [-0.25, -0.2) is 13.4 Å².